The number of hydrogen-bond acceptors (Lipinski definition) is 8. The van der Waals surface area contributed by atoms with Gasteiger partial charge in [0.2, 0.25) is 11.1 Å². The average Bonchev–Trinajstić information content (AvgIpc) is 3.21. The van der Waals surface area contributed by atoms with Gasteiger partial charge < -0.3 is 19.3 Å². The Morgan fingerprint density at radius 2 is 1.79 bits per heavy atom. The summed E-state index contributed by atoms with van der Waals surface area (Å²) >= 11 is 1.27. The summed E-state index contributed by atoms with van der Waals surface area (Å²) in [5.41, 5.74) is 0.781. The number of carbonyl (C=O) groups excluding carboxylic acids is 2. The third-order valence-corrected chi connectivity index (χ3v) is 5.15. The van der Waals surface area contributed by atoms with Gasteiger partial charge in [0.1, 0.15) is 5.75 Å². The molecule has 10 nitrogen and oxygen atoms in total. The smallest absolute Gasteiger partial charge is 0.409 e. The van der Waals surface area contributed by atoms with Gasteiger partial charge in [-0.1, -0.05) is 11.8 Å². The summed E-state index contributed by atoms with van der Waals surface area (Å²) in [6, 6.07) is 7.32. The Labute approximate surface area is 166 Å². The molecule has 1 aromatic heterocycles. The highest BCUT2D eigenvalue weighted by atomic mass is 32.2. The van der Waals surface area contributed by atoms with Crippen molar-refractivity contribution in [3.63, 3.8) is 0 Å². The largest absolute Gasteiger partial charge is 0.497 e. The normalized spacial score (nSPS) is 14.1. The Bertz CT molecular complexity index is 804. The zero-order valence-corrected chi connectivity index (χ0v) is 16.6. The van der Waals surface area contributed by atoms with E-state index in [0.717, 1.165) is 11.4 Å². The summed E-state index contributed by atoms with van der Waals surface area (Å²) in [5, 5.41) is 12.2. The lowest BCUT2D eigenvalue weighted by Gasteiger charge is -2.33. The third kappa shape index (κ3) is 4.71. The van der Waals surface area contributed by atoms with Crippen LogP contribution in [0, 0.1) is 0 Å². The van der Waals surface area contributed by atoms with Gasteiger partial charge in [-0.2, -0.15) is 4.68 Å². The van der Waals surface area contributed by atoms with Crippen LogP contribution in [0.3, 0.4) is 0 Å². The molecule has 0 atom stereocenters. The number of amides is 2. The van der Waals surface area contributed by atoms with Crippen molar-refractivity contribution in [3.8, 4) is 11.4 Å². The monoisotopic (exact) mass is 406 g/mol. The maximum Gasteiger partial charge on any atom is 0.409 e. The van der Waals surface area contributed by atoms with Crippen molar-refractivity contribution in [2.24, 2.45) is 0 Å². The Morgan fingerprint density at radius 1 is 1.11 bits per heavy atom. The Hall–Kier alpha value is -2.82. The van der Waals surface area contributed by atoms with Crippen molar-refractivity contribution in [1.29, 1.82) is 0 Å². The number of methoxy groups -OCH3 is 1. The van der Waals surface area contributed by atoms with Crippen LogP contribution in [0.5, 0.6) is 5.75 Å². The van der Waals surface area contributed by atoms with E-state index in [4.69, 9.17) is 9.47 Å². The zero-order valence-electron chi connectivity index (χ0n) is 15.8. The molecule has 2 amide bonds. The van der Waals surface area contributed by atoms with E-state index >= 15 is 0 Å². The number of thioether (sulfide) groups is 1. The van der Waals surface area contributed by atoms with Crippen LogP contribution in [-0.2, 0) is 9.53 Å². The molecule has 150 valence electrons. The minimum absolute atomic E-state index is 0.0159. The third-order valence-electron chi connectivity index (χ3n) is 4.24. The van der Waals surface area contributed by atoms with Crippen molar-refractivity contribution in [2.75, 3.05) is 45.6 Å². The van der Waals surface area contributed by atoms with Crippen LogP contribution in [0.1, 0.15) is 6.92 Å². The second-order valence-corrected chi connectivity index (χ2v) is 6.87. The number of ether oxygens (including phenoxy) is 2. The van der Waals surface area contributed by atoms with E-state index in [9.17, 15) is 9.59 Å². The Balaban J connectivity index is 1.53. The average molecular weight is 406 g/mol. The minimum Gasteiger partial charge on any atom is -0.497 e. The van der Waals surface area contributed by atoms with Crippen LogP contribution in [-0.4, -0.2) is 87.7 Å². The topological polar surface area (TPSA) is 103 Å². The molecule has 0 bridgehead atoms. The molecular weight excluding hydrogens is 384 g/mol. The molecule has 0 saturated carbocycles. The lowest BCUT2D eigenvalue weighted by Crippen LogP contribution is -2.51. The van der Waals surface area contributed by atoms with Crippen LogP contribution in [0.4, 0.5) is 4.79 Å². The fraction of sp³-hybridized carbons (Fsp3) is 0.471. The fourth-order valence-electron chi connectivity index (χ4n) is 2.73. The maximum absolute atomic E-state index is 12.5. The van der Waals surface area contributed by atoms with E-state index in [1.165, 1.54) is 11.8 Å². The number of piperazine rings is 1. The molecule has 3 rings (SSSR count). The summed E-state index contributed by atoms with van der Waals surface area (Å²) in [5.74, 6) is 0.941. The molecule has 0 aliphatic carbocycles. The summed E-state index contributed by atoms with van der Waals surface area (Å²) < 4.78 is 11.7. The molecule has 11 heteroatoms. The van der Waals surface area contributed by atoms with Crippen molar-refractivity contribution in [3.05, 3.63) is 24.3 Å². The number of carbonyl (C=O) groups is 2. The van der Waals surface area contributed by atoms with Gasteiger partial charge in [0, 0.05) is 26.2 Å². The molecular formula is C17H22N6O4S. The second-order valence-electron chi connectivity index (χ2n) is 5.93. The van der Waals surface area contributed by atoms with E-state index in [-0.39, 0.29) is 17.8 Å². The van der Waals surface area contributed by atoms with E-state index in [0.29, 0.717) is 37.9 Å². The first-order chi connectivity index (χ1) is 13.6. The highest BCUT2D eigenvalue weighted by molar-refractivity contribution is 7.99. The summed E-state index contributed by atoms with van der Waals surface area (Å²) in [6.07, 6.45) is -0.331. The first kappa shape index (κ1) is 19.9. The zero-order chi connectivity index (χ0) is 19.9. The van der Waals surface area contributed by atoms with Gasteiger partial charge in [0.15, 0.2) is 0 Å². The molecule has 1 aliphatic heterocycles. The van der Waals surface area contributed by atoms with Gasteiger partial charge in [0.05, 0.1) is 25.2 Å². The Morgan fingerprint density at radius 3 is 2.43 bits per heavy atom. The van der Waals surface area contributed by atoms with E-state index < -0.39 is 0 Å². The highest BCUT2D eigenvalue weighted by Gasteiger charge is 2.25. The first-order valence-corrected chi connectivity index (χ1v) is 9.86. The van der Waals surface area contributed by atoms with Gasteiger partial charge in [0.25, 0.3) is 0 Å². The molecule has 1 fully saturated rings. The van der Waals surface area contributed by atoms with Gasteiger partial charge in [-0.3, -0.25) is 4.79 Å². The number of hydrogen-bond donors (Lipinski definition) is 0. The molecule has 0 N–H and O–H groups in total. The number of aromatic nitrogens is 4. The van der Waals surface area contributed by atoms with Gasteiger partial charge in [-0.05, 0) is 41.6 Å². The van der Waals surface area contributed by atoms with Crippen molar-refractivity contribution < 1.29 is 19.1 Å². The highest BCUT2D eigenvalue weighted by Crippen LogP contribution is 2.21. The lowest BCUT2D eigenvalue weighted by molar-refractivity contribution is -0.129. The van der Waals surface area contributed by atoms with Gasteiger partial charge in [-0.15, -0.1) is 5.10 Å². The number of tetrazole rings is 1. The Kier molecular flexibility index (Phi) is 6.69. The molecule has 0 unspecified atom stereocenters. The number of benzene rings is 1. The van der Waals surface area contributed by atoms with E-state index in [1.54, 1.807) is 28.5 Å². The molecule has 1 aromatic carbocycles. The predicted octanol–water partition coefficient (Wildman–Crippen LogP) is 1.06. The van der Waals surface area contributed by atoms with Crippen LogP contribution < -0.4 is 4.74 Å². The molecule has 0 spiro atoms. The summed E-state index contributed by atoms with van der Waals surface area (Å²) in [4.78, 5) is 27.6. The second kappa shape index (κ2) is 9.40. The molecule has 0 radical (unpaired) electrons. The van der Waals surface area contributed by atoms with Crippen LogP contribution in [0.25, 0.3) is 5.69 Å². The van der Waals surface area contributed by atoms with Gasteiger partial charge in [-0.25, -0.2) is 4.79 Å². The summed E-state index contributed by atoms with van der Waals surface area (Å²) in [7, 11) is 1.60. The minimum atomic E-state index is -0.331. The van der Waals surface area contributed by atoms with Crippen LogP contribution in [0.2, 0.25) is 0 Å². The predicted molar refractivity (Wildman–Crippen MR) is 102 cm³/mol. The van der Waals surface area contributed by atoms with Gasteiger partial charge >= 0.3 is 6.09 Å². The summed E-state index contributed by atoms with van der Waals surface area (Å²) in [6.45, 7) is 4.03. The standard InChI is InChI=1S/C17H22N6O4S/c1-3-27-17(25)22-10-8-21(9-11-22)15(24)12-28-16-18-19-20-23(16)13-4-6-14(26-2)7-5-13/h4-7H,3,8-12H2,1-2H3. The number of rotatable bonds is 6. The van der Waals surface area contributed by atoms with Crippen LogP contribution >= 0.6 is 11.8 Å². The maximum atomic E-state index is 12.5. The molecule has 28 heavy (non-hydrogen) atoms. The fourth-order valence-corrected chi connectivity index (χ4v) is 3.52. The van der Waals surface area contributed by atoms with E-state index in [1.807, 2.05) is 24.3 Å². The molecule has 1 saturated heterocycles. The van der Waals surface area contributed by atoms with E-state index in [2.05, 4.69) is 15.5 Å². The number of nitrogens with zero attached hydrogens (tertiary/aromatic N) is 6. The van der Waals surface area contributed by atoms with Crippen molar-refractivity contribution >= 4 is 23.8 Å². The first-order valence-electron chi connectivity index (χ1n) is 8.87. The lowest BCUT2D eigenvalue weighted by atomic mass is 10.3. The van der Waals surface area contributed by atoms with Crippen LogP contribution in [0.15, 0.2) is 29.4 Å². The van der Waals surface area contributed by atoms with Crippen molar-refractivity contribution in [2.45, 2.75) is 12.1 Å². The van der Waals surface area contributed by atoms with Crippen molar-refractivity contribution in [1.82, 2.24) is 30.0 Å². The molecule has 1 aliphatic rings. The quantitative estimate of drug-likeness (QED) is 0.656. The SMILES string of the molecule is CCOC(=O)N1CCN(C(=O)CSc2nnnn2-c2ccc(OC)cc2)CC1. The molecule has 2 heterocycles. The molecule has 2 aromatic rings.